The standard InChI is InChI=1S/C9H11ClO/c1-3-7-4-8(10)5-9(11)6(7)2/h4-5,11H,3H2,1-2H3. The Kier molecular flexibility index (Phi) is 2.40. The van der Waals surface area contributed by atoms with E-state index in [1.165, 1.54) is 0 Å². The second-order valence-electron chi connectivity index (χ2n) is 2.56. The number of aromatic hydroxyl groups is 1. The molecule has 0 saturated heterocycles. The van der Waals surface area contributed by atoms with Gasteiger partial charge in [0, 0.05) is 5.02 Å². The van der Waals surface area contributed by atoms with E-state index in [2.05, 4.69) is 0 Å². The van der Waals surface area contributed by atoms with E-state index in [1.807, 2.05) is 19.9 Å². The largest absolute Gasteiger partial charge is 0.508 e. The molecule has 0 spiro atoms. The van der Waals surface area contributed by atoms with E-state index in [4.69, 9.17) is 11.6 Å². The van der Waals surface area contributed by atoms with Gasteiger partial charge in [0.1, 0.15) is 5.75 Å². The molecule has 0 aliphatic heterocycles. The number of aryl methyl sites for hydroxylation is 1. The lowest BCUT2D eigenvalue weighted by atomic mass is 10.1. The smallest absolute Gasteiger partial charge is 0.120 e. The summed E-state index contributed by atoms with van der Waals surface area (Å²) in [5.74, 6) is 0.286. The van der Waals surface area contributed by atoms with Gasteiger partial charge in [-0.1, -0.05) is 18.5 Å². The van der Waals surface area contributed by atoms with E-state index in [0.29, 0.717) is 5.02 Å². The Morgan fingerprint density at radius 2 is 2.09 bits per heavy atom. The molecule has 0 aliphatic carbocycles. The topological polar surface area (TPSA) is 20.2 Å². The minimum absolute atomic E-state index is 0.286. The quantitative estimate of drug-likeness (QED) is 0.687. The molecule has 0 radical (unpaired) electrons. The van der Waals surface area contributed by atoms with E-state index in [0.717, 1.165) is 17.5 Å². The van der Waals surface area contributed by atoms with Gasteiger partial charge in [0.05, 0.1) is 0 Å². The predicted molar refractivity (Wildman–Crippen MR) is 47.2 cm³/mol. The normalized spacial score (nSPS) is 10.1. The highest BCUT2D eigenvalue weighted by Crippen LogP contribution is 2.25. The predicted octanol–water partition coefficient (Wildman–Crippen LogP) is 2.92. The number of phenols is 1. The van der Waals surface area contributed by atoms with Crippen LogP contribution in [-0.2, 0) is 6.42 Å². The SMILES string of the molecule is CCc1cc(Cl)cc(O)c1C. The summed E-state index contributed by atoms with van der Waals surface area (Å²) in [6, 6.07) is 3.45. The highest BCUT2D eigenvalue weighted by molar-refractivity contribution is 6.30. The van der Waals surface area contributed by atoms with Gasteiger partial charge in [-0.3, -0.25) is 0 Å². The molecular formula is C9H11ClO. The molecule has 0 aliphatic rings. The summed E-state index contributed by atoms with van der Waals surface area (Å²) in [5.41, 5.74) is 2.03. The summed E-state index contributed by atoms with van der Waals surface area (Å²) in [7, 11) is 0. The molecule has 0 aromatic heterocycles. The van der Waals surface area contributed by atoms with Crippen LogP contribution in [0.15, 0.2) is 12.1 Å². The van der Waals surface area contributed by atoms with Crippen LogP contribution >= 0.6 is 11.6 Å². The molecule has 1 nitrogen and oxygen atoms in total. The highest BCUT2D eigenvalue weighted by Gasteiger charge is 2.02. The molecular weight excluding hydrogens is 160 g/mol. The molecule has 0 amide bonds. The third kappa shape index (κ3) is 1.66. The van der Waals surface area contributed by atoms with Crippen LogP contribution in [0, 0.1) is 6.92 Å². The maximum atomic E-state index is 9.33. The molecule has 0 saturated carbocycles. The van der Waals surface area contributed by atoms with Crippen molar-refractivity contribution in [3.05, 3.63) is 28.3 Å². The minimum atomic E-state index is 0.286. The molecule has 11 heavy (non-hydrogen) atoms. The average molecular weight is 171 g/mol. The number of phenolic OH excluding ortho intramolecular Hbond substituents is 1. The molecule has 0 heterocycles. The third-order valence-electron chi connectivity index (χ3n) is 1.83. The van der Waals surface area contributed by atoms with Crippen molar-refractivity contribution in [1.29, 1.82) is 0 Å². The summed E-state index contributed by atoms with van der Waals surface area (Å²) < 4.78 is 0. The molecule has 2 heteroatoms. The van der Waals surface area contributed by atoms with Crippen LogP contribution in [0.3, 0.4) is 0 Å². The van der Waals surface area contributed by atoms with Gasteiger partial charge in [-0.25, -0.2) is 0 Å². The van der Waals surface area contributed by atoms with E-state index >= 15 is 0 Å². The molecule has 0 bridgehead atoms. The minimum Gasteiger partial charge on any atom is -0.508 e. The van der Waals surface area contributed by atoms with Gasteiger partial charge in [0.25, 0.3) is 0 Å². The van der Waals surface area contributed by atoms with E-state index in [1.54, 1.807) is 6.07 Å². The van der Waals surface area contributed by atoms with Crippen molar-refractivity contribution in [3.8, 4) is 5.75 Å². The molecule has 1 aromatic carbocycles. The maximum Gasteiger partial charge on any atom is 0.120 e. The second kappa shape index (κ2) is 3.14. The fourth-order valence-electron chi connectivity index (χ4n) is 1.09. The van der Waals surface area contributed by atoms with Crippen molar-refractivity contribution in [1.82, 2.24) is 0 Å². The molecule has 60 valence electrons. The van der Waals surface area contributed by atoms with Crippen molar-refractivity contribution in [2.45, 2.75) is 20.3 Å². The fraction of sp³-hybridized carbons (Fsp3) is 0.333. The molecule has 1 aromatic rings. The summed E-state index contributed by atoms with van der Waals surface area (Å²) in [4.78, 5) is 0. The molecule has 0 atom stereocenters. The van der Waals surface area contributed by atoms with Crippen LogP contribution in [0.2, 0.25) is 5.02 Å². The van der Waals surface area contributed by atoms with Gasteiger partial charge in [-0.05, 0) is 36.6 Å². The summed E-state index contributed by atoms with van der Waals surface area (Å²) in [5, 5.41) is 9.93. The zero-order chi connectivity index (χ0) is 8.43. The van der Waals surface area contributed by atoms with Crippen molar-refractivity contribution in [2.75, 3.05) is 0 Å². The van der Waals surface area contributed by atoms with Gasteiger partial charge in [0.2, 0.25) is 0 Å². The van der Waals surface area contributed by atoms with Crippen LogP contribution < -0.4 is 0 Å². The van der Waals surface area contributed by atoms with Crippen molar-refractivity contribution >= 4 is 11.6 Å². The van der Waals surface area contributed by atoms with E-state index in [9.17, 15) is 5.11 Å². The number of hydrogen-bond donors (Lipinski definition) is 1. The summed E-state index contributed by atoms with van der Waals surface area (Å²) in [6.45, 7) is 3.93. The van der Waals surface area contributed by atoms with Crippen molar-refractivity contribution in [2.24, 2.45) is 0 Å². The summed E-state index contributed by atoms with van der Waals surface area (Å²) >= 11 is 5.74. The van der Waals surface area contributed by atoms with Crippen molar-refractivity contribution in [3.63, 3.8) is 0 Å². The first-order valence-electron chi connectivity index (χ1n) is 3.63. The lowest BCUT2D eigenvalue weighted by molar-refractivity contribution is 0.470. The molecule has 1 N–H and O–H groups in total. The first kappa shape index (κ1) is 8.41. The number of rotatable bonds is 1. The Morgan fingerprint density at radius 1 is 1.45 bits per heavy atom. The van der Waals surface area contributed by atoms with Gasteiger partial charge >= 0.3 is 0 Å². The fourth-order valence-corrected chi connectivity index (χ4v) is 1.32. The zero-order valence-electron chi connectivity index (χ0n) is 6.69. The highest BCUT2D eigenvalue weighted by atomic mass is 35.5. The first-order valence-corrected chi connectivity index (χ1v) is 4.01. The Hall–Kier alpha value is -0.690. The van der Waals surface area contributed by atoms with Crippen LogP contribution in [-0.4, -0.2) is 5.11 Å². The Morgan fingerprint density at radius 3 is 2.64 bits per heavy atom. The Bertz CT molecular complexity index is 269. The summed E-state index contributed by atoms with van der Waals surface area (Å²) in [6.07, 6.45) is 0.903. The van der Waals surface area contributed by atoms with Gasteiger partial charge in [-0.2, -0.15) is 0 Å². The number of halogens is 1. The monoisotopic (exact) mass is 170 g/mol. The van der Waals surface area contributed by atoms with Gasteiger partial charge in [-0.15, -0.1) is 0 Å². The lowest BCUT2D eigenvalue weighted by Crippen LogP contribution is -1.86. The third-order valence-corrected chi connectivity index (χ3v) is 2.05. The van der Waals surface area contributed by atoms with Crippen LogP contribution in [0.4, 0.5) is 0 Å². The van der Waals surface area contributed by atoms with Gasteiger partial charge in [0.15, 0.2) is 0 Å². The second-order valence-corrected chi connectivity index (χ2v) is 3.00. The molecule has 0 unspecified atom stereocenters. The van der Waals surface area contributed by atoms with E-state index < -0.39 is 0 Å². The van der Waals surface area contributed by atoms with Crippen molar-refractivity contribution < 1.29 is 5.11 Å². The Labute approximate surface area is 71.6 Å². The van der Waals surface area contributed by atoms with Crippen LogP contribution in [0.25, 0.3) is 0 Å². The lowest BCUT2D eigenvalue weighted by Gasteiger charge is -2.05. The van der Waals surface area contributed by atoms with Crippen LogP contribution in [0.1, 0.15) is 18.1 Å². The average Bonchev–Trinajstić information content (AvgIpc) is 1.96. The number of benzene rings is 1. The van der Waals surface area contributed by atoms with Crippen LogP contribution in [0.5, 0.6) is 5.75 Å². The number of hydrogen-bond acceptors (Lipinski definition) is 1. The van der Waals surface area contributed by atoms with Gasteiger partial charge < -0.3 is 5.11 Å². The Balaban J connectivity index is 3.24. The van der Waals surface area contributed by atoms with E-state index in [-0.39, 0.29) is 5.75 Å². The molecule has 1 rings (SSSR count). The molecule has 0 fully saturated rings. The first-order chi connectivity index (χ1) is 5.15. The zero-order valence-corrected chi connectivity index (χ0v) is 7.44. The maximum absolute atomic E-state index is 9.33.